The van der Waals surface area contributed by atoms with Crippen molar-refractivity contribution in [3.63, 3.8) is 0 Å². The lowest BCUT2D eigenvalue weighted by molar-refractivity contribution is -0.384. The molecule has 0 saturated carbocycles. The Bertz CT molecular complexity index is 1300. The van der Waals surface area contributed by atoms with Gasteiger partial charge in [-0.05, 0) is 36.4 Å². The summed E-state index contributed by atoms with van der Waals surface area (Å²) in [4.78, 5) is 26.4. The molecule has 2 heterocycles. The van der Waals surface area contributed by atoms with Gasteiger partial charge in [-0.15, -0.1) is 0 Å². The number of anilines is 1. The number of nitro groups is 1. The molecule has 11 heteroatoms. The predicted molar refractivity (Wildman–Crippen MR) is 127 cm³/mol. The number of rotatable bonds is 6. The van der Waals surface area contributed by atoms with E-state index in [0.29, 0.717) is 22.6 Å². The van der Waals surface area contributed by atoms with Crippen molar-refractivity contribution >= 4 is 39.6 Å². The van der Waals surface area contributed by atoms with Crippen molar-refractivity contribution in [1.82, 2.24) is 20.2 Å². The number of pyridine rings is 1. The predicted octanol–water partition coefficient (Wildman–Crippen LogP) is 4.76. The van der Waals surface area contributed by atoms with Gasteiger partial charge in [-0.3, -0.25) is 15.1 Å². The molecule has 0 aliphatic rings. The van der Waals surface area contributed by atoms with Gasteiger partial charge in [0.05, 0.1) is 16.8 Å². The average molecular weight is 506 g/mol. The number of carbonyl (C=O) groups is 1. The Balaban J connectivity index is 1.59. The van der Waals surface area contributed by atoms with Gasteiger partial charge in [-0.1, -0.05) is 28.1 Å². The maximum atomic E-state index is 12.1. The van der Waals surface area contributed by atoms with Gasteiger partial charge in [0.25, 0.3) is 5.69 Å². The summed E-state index contributed by atoms with van der Waals surface area (Å²) in [6, 6.07) is 16.4. The zero-order chi connectivity index (χ0) is 23.2. The number of amides is 2. The van der Waals surface area contributed by atoms with E-state index in [1.54, 1.807) is 47.5 Å². The largest absolute Gasteiger partial charge is 0.339 e. The molecule has 0 spiro atoms. The lowest BCUT2D eigenvalue weighted by Gasteiger charge is -2.03. The van der Waals surface area contributed by atoms with Crippen LogP contribution in [0.15, 0.2) is 88.8 Å². The van der Waals surface area contributed by atoms with Gasteiger partial charge in [0.1, 0.15) is 5.69 Å². The van der Waals surface area contributed by atoms with Crippen molar-refractivity contribution < 1.29 is 9.72 Å². The number of carbonyl (C=O) groups excluding carboxylic acids is 1. The SMILES string of the molecule is O=C(N/N=C/c1cn(-c2ccc([N+](=O)[O-])cc2)nc1-c1ccc(Br)cc1)Nc1ccncc1. The Hall–Kier alpha value is -4.38. The zero-order valence-electron chi connectivity index (χ0n) is 16.9. The molecule has 0 bridgehead atoms. The number of aromatic nitrogens is 3. The van der Waals surface area contributed by atoms with Gasteiger partial charge in [-0.25, -0.2) is 14.9 Å². The quantitative estimate of drug-likeness (QED) is 0.222. The first-order chi connectivity index (χ1) is 16.0. The van der Waals surface area contributed by atoms with Crippen LogP contribution in [0, 0.1) is 10.1 Å². The Morgan fingerprint density at radius 3 is 2.42 bits per heavy atom. The van der Waals surface area contributed by atoms with Crippen molar-refractivity contribution in [2.24, 2.45) is 5.10 Å². The Kier molecular flexibility index (Phi) is 6.51. The van der Waals surface area contributed by atoms with Crippen molar-refractivity contribution in [3.05, 3.63) is 99.4 Å². The molecule has 10 nitrogen and oxygen atoms in total. The number of hydrogen-bond acceptors (Lipinski definition) is 6. The monoisotopic (exact) mass is 505 g/mol. The maximum absolute atomic E-state index is 12.1. The number of urea groups is 1. The molecule has 0 atom stereocenters. The van der Waals surface area contributed by atoms with E-state index in [4.69, 9.17) is 0 Å². The highest BCUT2D eigenvalue weighted by Gasteiger charge is 2.13. The van der Waals surface area contributed by atoms with Crippen LogP contribution in [0.3, 0.4) is 0 Å². The Morgan fingerprint density at radius 2 is 1.76 bits per heavy atom. The molecule has 4 rings (SSSR count). The zero-order valence-corrected chi connectivity index (χ0v) is 18.5. The molecule has 2 aromatic heterocycles. The number of nitrogens with one attached hydrogen (secondary N) is 2. The molecule has 0 aliphatic heterocycles. The lowest BCUT2D eigenvalue weighted by atomic mass is 10.1. The van der Waals surface area contributed by atoms with Crippen molar-refractivity contribution in [2.75, 3.05) is 5.32 Å². The molecule has 0 fully saturated rings. The first-order valence-electron chi connectivity index (χ1n) is 9.60. The second-order valence-electron chi connectivity index (χ2n) is 6.72. The molecule has 0 radical (unpaired) electrons. The highest BCUT2D eigenvalue weighted by atomic mass is 79.9. The lowest BCUT2D eigenvalue weighted by Crippen LogP contribution is -2.24. The number of hydrazone groups is 1. The van der Waals surface area contributed by atoms with Gasteiger partial charge < -0.3 is 5.32 Å². The molecule has 2 amide bonds. The summed E-state index contributed by atoms with van der Waals surface area (Å²) in [5, 5.41) is 22.2. The van der Waals surface area contributed by atoms with Crippen LogP contribution in [0.4, 0.5) is 16.2 Å². The standard InChI is InChI=1S/C22H16BrN7O3/c23-17-3-1-15(2-4-17)21-16(13-25-27-22(31)26-18-9-11-24-12-10-18)14-29(28-21)19-5-7-20(8-6-19)30(32)33/h1-14H,(H2,24,26,27,31)/b25-13+. The summed E-state index contributed by atoms with van der Waals surface area (Å²) in [6.07, 6.45) is 6.34. The van der Waals surface area contributed by atoms with Crippen LogP contribution >= 0.6 is 15.9 Å². The minimum absolute atomic E-state index is 0.00904. The molecule has 164 valence electrons. The third kappa shape index (κ3) is 5.46. The van der Waals surface area contributed by atoms with Crippen LogP contribution in [0.2, 0.25) is 0 Å². The second kappa shape index (κ2) is 9.83. The van der Waals surface area contributed by atoms with Gasteiger partial charge in [0.15, 0.2) is 0 Å². The summed E-state index contributed by atoms with van der Waals surface area (Å²) in [5.41, 5.74) is 5.73. The van der Waals surface area contributed by atoms with Gasteiger partial charge >= 0.3 is 6.03 Å². The summed E-state index contributed by atoms with van der Waals surface area (Å²) < 4.78 is 2.52. The minimum Gasteiger partial charge on any atom is -0.306 e. The summed E-state index contributed by atoms with van der Waals surface area (Å²) in [7, 11) is 0. The van der Waals surface area contributed by atoms with Crippen LogP contribution < -0.4 is 10.7 Å². The normalized spacial score (nSPS) is 10.8. The number of benzene rings is 2. The fraction of sp³-hybridized carbons (Fsp3) is 0. The van der Waals surface area contributed by atoms with E-state index < -0.39 is 11.0 Å². The highest BCUT2D eigenvalue weighted by Crippen LogP contribution is 2.25. The molecule has 0 unspecified atom stereocenters. The third-order valence-electron chi connectivity index (χ3n) is 4.49. The van der Waals surface area contributed by atoms with Crippen LogP contribution in [-0.4, -0.2) is 31.9 Å². The summed E-state index contributed by atoms with van der Waals surface area (Å²) >= 11 is 3.42. The minimum atomic E-state index is -0.509. The maximum Gasteiger partial charge on any atom is 0.339 e. The van der Waals surface area contributed by atoms with Crippen molar-refractivity contribution in [3.8, 4) is 16.9 Å². The van der Waals surface area contributed by atoms with E-state index >= 15 is 0 Å². The number of hydrogen-bond donors (Lipinski definition) is 2. The van der Waals surface area contributed by atoms with E-state index in [1.807, 2.05) is 24.3 Å². The van der Waals surface area contributed by atoms with Crippen LogP contribution in [0.25, 0.3) is 16.9 Å². The molecule has 33 heavy (non-hydrogen) atoms. The molecule has 2 aromatic carbocycles. The molecule has 0 aliphatic carbocycles. The van der Waals surface area contributed by atoms with Crippen LogP contribution in [0.5, 0.6) is 0 Å². The number of halogens is 1. The van der Waals surface area contributed by atoms with Crippen LogP contribution in [0.1, 0.15) is 5.56 Å². The third-order valence-corrected chi connectivity index (χ3v) is 5.02. The van der Waals surface area contributed by atoms with Crippen LogP contribution in [-0.2, 0) is 0 Å². The molecular weight excluding hydrogens is 490 g/mol. The van der Waals surface area contributed by atoms with Gasteiger partial charge in [-0.2, -0.15) is 10.2 Å². The highest BCUT2D eigenvalue weighted by molar-refractivity contribution is 9.10. The van der Waals surface area contributed by atoms with Gasteiger partial charge in [0, 0.05) is 52.0 Å². The first kappa shape index (κ1) is 21.8. The second-order valence-corrected chi connectivity index (χ2v) is 7.63. The van der Waals surface area contributed by atoms with Gasteiger partial charge in [0.2, 0.25) is 0 Å². The van der Waals surface area contributed by atoms with E-state index in [1.165, 1.54) is 18.3 Å². The topological polar surface area (TPSA) is 127 Å². The van der Waals surface area contributed by atoms with E-state index in [-0.39, 0.29) is 5.69 Å². The fourth-order valence-corrected chi connectivity index (χ4v) is 3.19. The number of nitrogens with zero attached hydrogens (tertiary/aromatic N) is 5. The van der Waals surface area contributed by atoms with E-state index in [2.05, 4.69) is 41.9 Å². The molecule has 4 aromatic rings. The first-order valence-corrected chi connectivity index (χ1v) is 10.4. The van der Waals surface area contributed by atoms with E-state index in [9.17, 15) is 14.9 Å². The smallest absolute Gasteiger partial charge is 0.306 e. The molecular formula is C22H16BrN7O3. The summed E-state index contributed by atoms with van der Waals surface area (Å²) in [5.74, 6) is 0. The molecule has 2 N–H and O–H groups in total. The Labute approximate surface area is 196 Å². The average Bonchev–Trinajstić information content (AvgIpc) is 3.24. The fourth-order valence-electron chi connectivity index (χ4n) is 2.93. The Morgan fingerprint density at radius 1 is 1.06 bits per heavy atom. The summed E-state index contributed by atoms with van der Waals surface area (Å²) in [6.45, 7) is 0. The molecule has 0 saturated heterocycles. The number of non-ortho nitro benzene ring substituents is 1. The van der Waals surface area contributed by atoms with Crippen molar-refractivity contribution in [1.29, 1.82) is 0 Å². The van der Waals surface area contributed by atoms with E-state index in [0.717, 1.165) is 10.0 Å². The van der Waals surface area contributed by atoms with Crippen molar-refractivity contribution in [2.45, 2.75) is 0 Å². The number of nitro benzene ring substituents is 1.